The summed E-state index contributed by atoms with van der Waals surface area (Å²) in [5, 5.41) is 25.2. The van der Waals surface area contributed by atoms with Gasteiger partial charge in [-0.25, -0.2) is 4.39 Å². The highest BCUT2D eigenvalue weighted by Gasteiger charge is 2.25. The molecule has 10 heteroatoms. The lowest BCUT2D eigenvalue weighted by Crippen LogP contribution is -2.41. The molecule has 0 saturated carbocycles. The van der Waals surface area contributed by atoms with Gasteiger partial charge in [-0.2, -0.15) is 0 Å². The van der Waals surface area contributed by atoms with Crippen LogP contribution >= 0.6 is 0 Å². The number of nitro benzene ring substituents is 2. The summed E-state index contributed by atoms with van der Waals surface area (Å²) in [5.74, 6) is -0.364. The molecule has 9 nitrogen and oxygen atoms in total. The van der Waals surface area contributed by atoms with Gasteiger partial charge in [0.15, 0.2) is 0 Å². The van der Waals surface area contributed by atoms with Crippen molar-refractivity contribution in [3.63, 3.8) is 0 Å². The molecule has 2 aromatic rings. The molecule has 148 valence electrons. The van der Waals surface area contributed by atoms with Crippen molar-refractivity contribution < 1.29 is 19.0 Å². The van der Waals surface area contributed by atoms with Gasteiger partial charge in [0.1, 0.15) is 11.5 Å². The third-order valence-corrected chi connectivity index (χ3v) is 4.59. The van der Waals surface area contributed by atoms with E-state index in [9.17, 15) is 24.6 Å². The number of nitro groups is 2. The maximum atomic E-state index is 13.7. The molecule has 1 saturated heterocycles. The number of nitrogens with zero attached hydrogens (tertiary/aromatic N) is 3. The average molecular weight is 390 g/mol. The van der Waals surface area contributed by atoms with E-state index in [0.29, 0.717) is 26.3 Å². The van der Waals surface area contributed by atoms with Gasteiger partial charge >= 0.3 is 0 Å². The maximum Gasteiger partial charge on any atom is 0.299 e. The largest absolute Gasteiger partial charge is 0.379 e. The van der Waals surface area contributed by atoms with Crippen molar-refractivity contribution in [1.29, 1.82) is 0 Å². The second kappa shape index (κ2) is 8.72. The minimum Gasteiger partial charge on any atom is -0.379 e. The number of nitrogens with one attached hydrogen (secondary N) is 1. The third-order valence-electron chi connectivity index (χ3n) is 4.59. The summed E-state index contributed by atoms with van der Waals surface area (Å²) >= 11 is 0. The van der Waals surface area contributed by atoms with Crippen LogP contribution in [0.15, 0.2) is 42.5 Å². The van der Waals surface area contributed by atoms with Crippen LogP contribution in [0.4, 0.5) is 21.5 Å². The molecule has 0 spiro atoms. The molecule has 1 fully saturated rings. The molecule has 28 heavy (non-hydrogen) atoms. The summed E-state index contributed by atoms with van der Waals surface area (Å²) in [6.45, 7) is 2.64. The van der Waals surface area contributed by atoms with Crippen molar-refractivity contribution in [2.45, 2.75) is 6.04 Å². The summed E-state index contributed by atoms with van der Waals surface area (Å²) < 4.78 is 19.1. The summed E-state index contributed by atoms with van der Waals surface area (Å²) in [6, 6.07) is 9.42. The fraction of sp³-hybridized carbons (Fsp3) is 0.333. The van der Waals surface area contributed by atoms with Crippen LogP contribution < -0.4 is 5.32 Å². The second-order valence-electron chi connectivity index (χ2n) is 6.32. The maximum absolute atomic E-state index is 13.7. The zero-order valence-corrected chi connectivity index (χ0v) is 14.9. The van der Waals surface area contributed by atoms with Crippen LogP contribution in [0.3, 0.4) is 0 Å². The van der Waals surface area contributed by atoms with Crippen molar-refractivity contribution in [2.24, 2.45) is 0 Å². The molecule has 1 aliphatic rings. The molecular weight excluding hydrogens is 371 g/mol. The smallest absolute Gasteiger partial charge is 0.299 e. The number of morpholine rings is 1. The number of non-ortho nitro benzene ring substituents is 1. The minimum atomic E-state index is -0.680. The van der Waals surface area contributed by atoms with Crippen molar-refractivity contribution >= 4 is 17.1 Å². The first-order valence-corrected chi connectivity index (χ1v) is 8.69. The number of hydrogen-bond donors (Lipinski definition) is 1. The van der Waals surface area contributed by atoms with Gasteiger partial charge in [0, 0.05) is 25.7 Å². The lowest BCUT2D eigenvalue weighted by atomic mass is 10.0. The Kier molecular flexibility index (Phi) is 6.12. The van der Waals surface area contributed by atoms with E-state index in [1.165, 1.54) is 24.3 Å². The lowest BCUT2D eigenvalue weighted by molar-refractivity contribution is -0.393. The summed E-state index contributed by atoms with van der Waals surface area (Å²) in [5.41, 5.74) is 0.172. The van der Waals surface area contributed by atoms with Crippen LogP contribution in [0.1, 0.15) is 11.6 Å². The van der Waals surface area contributed by atoms with Crippen LogP contribution in [-0.4, -0.2) is 47.6 Å². The SMILES string of the molecule is O=[N+]([O-])c1ccc(NCC(c2cccc(F)c2)N2CCOCC2)c([N+](=O)[O-])c1. The van der Waals surface area contributed by atoms with Gasteiger partial charge in [0.05, 0.1) is 35.2 Å². The van der Waals surface area contributed by atoms with Gasteiger partial charge in [-0.3, -0.25) is 25.1 Å². The van der Waals surface area contributed by atoms with E-state index >= 15 is 0 Å². The molecule has 1 heterocycles. The number of hydrogen-bond acceptors (Lipinski definition) is 7. The highest BCUT2D eigenvalue weighted by atomic mass is 19.1. The van der Waals surface area contributed by atoms with E-state index in [1.54, 1.807) is 12.1 Å². The highest BCUT2D eigenvalue weighted by molar-refractivity contribution is 5.65. The first-order valence-electron chi connectivity index (χ1n) is 8.69. The Bertz CT molecular complexity index is 873. The molecule has 0 radical (unpaired) electrons. The quantitative estimate of drug-likeness (QED) is 0.571. The molecule has 0 bridgehead atoms. The van der Waals surface area contributed by atoms with Gasteiger partial charge in [0.25, 0.3) is 11.4 Å². The monoisotopic (exact) mass is 390 g/mol. The molecule has 0 aliphatic carbocycles. The van der Waals surface area contributed by atoms with E-state index in [4.69, 9.17) is 4.74 Å². The van der Waals surface area contributed by atoms with Gasteiger partial charge in [-0.1, -0.05) is 12.1 Å². The Labute approximate surface area is 160 Å². The van der Waals surface area contributed by atoms with Crippen LogP contribution in [0, 0.1) is 26.0 Å². The number of halogens is 1. The summed E-state index contributed by atoms with van der Waals surface area (Å²) in [7, 11) is 0. The fourth-order valence-corrected chi connectivity index (χ4v) is 3.20. The van der Waals surface area contributed by atoms with Gasteiger partial charge < -0.3 is 10.1 Å². The summed E-state index contributed by atoms with van der Waals surface area (Å²) in [4.78, 5) is 23.0. The van der Waals surface area contributed by atoms with Crippen molar-refractivity contribution in [2.75, 3.05) is 38.2 Å². The normalized spacial score (nSPS) is 15.8. The van der Waals surface area contributed by atoms with E-state index in [0.717, 1.165) is 11.6 Å². The second-order valence-corrected chi connectivity index (χ2v) is 6.32. The highest BCUT2D eigenvalue weighted by Crippen LogP contribution is 2.30. The molecule has 1 N–H and O–H groups in total. The zero-order chi connectivity index (χ0) is 20.1. The third kappa shape index (κ3) is 4.59. The Morgan fingerprint density at radius 3 is 2.50 bits per heavy atom. The number of anilines is 1. The Hall–Kier alpha value is -3.11. The first kappa shape index (κ1) is 19.6. The summed E-state index contributed by atoms with van der Waals surface area (Å²) in [6.07, 6.45) is 0. The molecule has 1 aliphatic heterocycles. The number of benzene rings is 2. The van der Waals surface area contributed by atoms with Crippen LogP contribution in [-0.2, 0) is 4.74 Å². The molecule has 1 unspecified atom stereocenters. The van der Waals surface area contributed by atoms with Gasteiger partial charge in [-0.15, -0.1) is 0 Å². The zero-order valence-electron chi connectivity index (χ0n) is 14.9. The fourth-order valence-electron chi connectivity index (χ4n) is 3.20. The standard InChI is InChI=1S/C18H19FN4O5/c19-14-3-1-2-13(10-14)18(21-6-8-28-9-7-21)12-20-16-5-4-15(22(24)25)11-17(16)23(26)27/h1-5,10-11,18,20H,6-9,12H2. The molecule has 2 aromatic carbocycles. The van der Waals surface area contributed by atoms with E-state index in [2.05, 4.69) is 10.2 Å². The minimum absolute atomic E-state index is 0.172. The average Bonchev–Trinajstić information content (AvgIpc) is 2.69. The molecule has 0 amide bonds. The molecule has 0 aromatic heterocycles. The van der Waals surface area contributed by atoms with Crippen LogP contribution in [0.2, 0.25) is 0 Å². The van der Waals surface area contributed by atoms with Crippen molar-refractivity contribution in [1.82, 2.24) is 4.90 Å². The van der Waals surface area contributed by atoms with E-state index in [-0.39, 0.29) is 35.5 Å². The van der Waals surface area contributed by atoms with E-state index < -0.39 is 9.85 Å². The molecule has 3 rings (SSSR count). The van der Waals surface area contributed by atoms with Crippen molar-refractivity contribution in [3.8, 4) is 0 Å². The topological polar surface area (TPSA) is 111 Å². The number of rotatable bonds is 7. The Morgan fingerprint density at radius 2 is 1.86 bits per heavy atom. The van der Waals surface area contributed by atoms with Crippen molar-refractivity contribution in [3.05, 3.63) is 74.1 Å². The Balaban J connectivity index is 1.85. The molecule has 1 atom stereocenters. The van der Waals surface area contributed by atoms with Crippen LogP contribution in [0.25, 0.3) is 0 Å². The predicted molar refractivity (Wildman–Crippen MR) is 99.8 cm³/mol. The first-order chi connectivity index (χ1) is 13.5. The lowest BCUT2D eigenvalue weighted by Gasteiger charge is -2.35. The predicted octanol–water partition coefficient (Wildman–Crippen LogP) is 3.13. The van der Waals surface area contributed by atoms with Crippen LogP contribution in [0.5, 0.6) is 0 Å². The van der Waals surface area contributed by atoms with Gasteiger partial charge in [-0.05, 0) is 23.8 Å². The van der Waals surface area contributed by atoms with Gasteiger partial charge in [0.2, 0.25) is 0 Å². The number of ether oxygens (including phenoxy) is 1. The molecular formula is C18H19FN4O5. The van der Waals surface area contributed by atoms with E-state index in [1.807, 2.05) is 0 Å². The Morgan fingerprint density at radius 1 is 1.11 bits per heavy atom.